The van der Waals surface area contributed by atoms with Crippen molar-refractivity contribution in [3.05, 3.63) is 90.9 Å². The molecule has 0 amide bonds. The van der Waals surface area contributed by atoms with Crippen LogP contribution in [0.4, 0.5) is 10.1 Å². The predicted molar refractivity (Wildman–Crippen MR) is 174 cm³/mol. The molecule has 5 aromatic rings. The van der Waals surface area contributed by atoms with Crippen molar-refractivity contribution in [2.45, 2.75) is 31.1 Å². The molecule has 234 valence electrons. The van der Waals surface area contributed by atoms with Gasteiger partial charge in [0.1, 0.15) is 5.75 Å². The number of nitrogens with zero attached hydrogens (tertiary/aromatic N) is 2. The number of aromatic nitrogens is 1. The summed E-state index contributed by atoms with van der Waals surface area (Å²) in [4.78, 5) is 7.06. The lowest BCUT2D eigenvalue weighted by Crippen LogP contribution is -2.35. The van der Waals surface area contributed by atoms with Crippen molar-refractivity contribution in [3.8, 4) is 23.0 Å². The lowest BCUT2D eigenvalue weighted by molar-refractivity contribution is 0.169. The second-order valence-corrected chi connectivity index (χ2v) is 13.1. The molecule has 1 atom stereocenters. The van der Waals surface area contributed by atoms with Crippen LogP contribution < -0.4 is 18.9 Å². The van der Waals surface area contributed by atoms with Gasteiger partial charge in [-0.1, -0.05) is 43.3 Å². The first-order chi connectivity index (χ1) is 21.8. The van der Waals surface area contributed by atoms with Crippen LogP contribution in [0.5, 0.6) is 23.0 Å². The monoisotopic (exact) mass is 629 g/mol. The number of hydrogen-bond acceptors (Lipinski definition) is 7. The summed E-state index contributed by atoms with van der Waals surface area (Å²) in [5, 5.41) is 1.98. The number of hydrogen-bond donors (Lipinski definition) is 1. The number of sulfonamides is 1. The Hall–Kier alpha value is -4.41. The minimum absolute atomic E-state index is 0.0677. The minimum atomic E-state index is -3.98. The van der Waals surface area contributed by atoms with Gasteiger partial charge in [0.05, 0.1) is 29.8 Å². The van der Waals surface area contributed by atoms with E-state index >= 15 is 4.39 Å². The Kier molecular flexibility index (Phi) is 9.04. The van der Waals surface area contributed by atoms with Crippen molar-refractivity contribution < 1.29 is 27.0 Å². The summed E-state index contributed by atoms with van der Waals surface area (Å²) in [7, 11) is -2.41. The molecule has 1 aliphatic heterocycles. The highest BCUT2D eigenvalue weighted by Crippen LogP contribution is 2.38. The first kappa shape index (κ1) is 30.6. The van der Waals surface area contributed by atoms with E-state index in [0.29, 0.717) is 40.1 Å². The number of nitrogens with one attached hydrogen (secondary N) is 1. The molecule has 1 fully saturated rings. The number of piperidine rings is 1. The van der Waals surface area contributed by atoms with Gasteiger partial charge in [-0.05, 0) is 67.4 Å². The quantitative estimate of drug-likeness (QED) is 0.150. The number of rotatable bonds is 11. The van der Waals surface area contributed by atoms with Crippen molar-refractivity contribution in [3.63, 3.8) is 0 Å². The molecule has 0 saturated carbocycles. The largest absolute Gasteiger partial charge is 0.493 e. The molecule has 2 heterocycles. The van der Waals surface area contributed by atoms with Gasteiger partial charge in [0.2, 0.25) is 0 Å². The SMILES string of the molecule is COc1cc2c(Oc3ccc(NS(=O)(=O)c4cccc5ccccc45)cc3F)ccnc2cc1OCCCN1CCCC(C)C1. The van der Waals surface area contributed by atoms with Crippen LogP contribution in [0, 0.1) is 11.7 Å². The number of fused-ring (bicyclic) bond motifs is 2. The molecule has 0 spiro atoms. The molecule has 1 aromatic heterocycles. The van der Waals surface area contributed by atoms with Gasteiger partial charge in [-0.15, -0.1) is 0 Å². The van der Waals surface area contributed by atoms with E-state index in [4.69, 9.17) is 14.2 Å². The van der Waals surface area contributed by atoms with E-state index in [1.807, 2.05) is 18.2 Å². The second-order valence-electron chi connectivity index (χ2n) is 11.4. The molecule has 4 aromatic carbocycles. The fourth-order valence-corrected chi connectivity index (χ4v) is 7.14. The average molecular weight is 630 g/mol. The summed E-state index contributed by atoms with van der Waals surface area (Å²) in [6.07, 6.45) is 5.02. The molecule has 0 radical (unpaired) electrons. The Balaban J connectivity index is 1.16. The van der Waals surface area contributed by atoms with E-state index in [0.717, 1.165) is 43.4 Å². The zero-order valence-corrected chi connectivity index (χ0v) is 26.1. The number of methoxy groups -OCH3 is 1. The Morgan fingerprint density at radius 1 is 0.956 bits per heavy atom. The van der Waals surface area contributed by atoms with Crippen LogP contribution in [0.2, 0.25) is 0 Å². The maximum Gasteiger partial charge on any atom is 0.262 e. The fourth-order valence-electron chi connectivity index (χ4n) is 5.86. The lowest BCUT2D eigenvalue weighted by Gasteiger charge is -2.30. The summed E-state index contributed by atoms with van der Waals surface area (Å²) >= 11 is 0. The molecular weight excluding hydrogens is 593 g/mol. The van der Waals surface area contributed by atoms with Gasteiger partial charge < -0.3 is 19.1 Å². The fraction of sp³-hybridized carbons (Fsp3) is 0.286. The number of ether oxygens (including phenoxy) is 3. The van der Waals surface area contributed by atoms with Crippen LogP contribution in [0.1, 0.15) is 26.2 Å². The van der Waals surface area contributed by atoms with Crippen LogP contribution >= 0.6 is 0 Å². The third-order valence-corrected chi connectivity index (χ3v) is 9.49. The van der Waals surface area contributed by atoms with Crippen molar-refractivity contribution in [2.24, 2.45) is 5.92 Å². The molecule has 0 bridgehead atoms. The Morgan fingerprint density at radius 3 is 2.62 bits per heavy atom. The molecule has 0 aliphatic carbocycles. The minimum Gasteiger partial charge on any atom is -0.493 e. The maximum absolute atomic E-state index is 15.3. The predicted octanol–water partition coefficient (Wildman–Crippen LogP) is 7.63. The first-order valence-electron chi connectivity index (χ1n) is 15.1. The van der Waals surface area contributed by atoms with E-state index in [-0.39, 0.29) is 16.3 Å². The zero-order chi connectivity index (χ0) is 31.4. The normalized spacial score (nSPS) is 15.7. The van der Waals surface area contributed by atoms with Gasteiger partial charge >= 0.3 is 0 Å². The van der Waals surface area contributed by atoms with Crippen LogP contribution in [0.15, 0.2) is 90.0 Å². The van der Waals surface area contributed by atoms with Gasteiger partial charge in [0, 0.05) is 42.2 Å². The summed E-state index contributed by atoms with van der Waals surface area (Å²) in [5.41, 5.74) is 0.679. The van der Waals surface area contributed by atoms with E-state index in [1.54, 1.807) is 49.7 Å². The summed E-state index contributed by atoms with van der Waals surface area (Å²) < 4.78 is 61.9. The van der Waals surface area contributed by atoms with Crippen molar-refractivity contribution in [1.29, 1.82) is 0 Å². The molecule has 8 nitrogen and oxygen atoms in total. The highest BCUT2D eigenvalue weighted by molar-refractivity contribution is 7.93. The molecular formula is C35H36FN3O5S. The van der Waals surface area contributed by atoms with E-state index in [2.05, 4.69) is 21.5 Å². The number of benzene rings is 4. The summed E-state index contributed by atoms with van der Waals surface area (Å²) in [5.74, 6) is 1.41. The Labute approximate surface area is 262 Å². The Morgan fingerprint density at radius 2 is 1.80 bits per heavy atom. The topological polar surface area (TPSA) is 90.0 Å². The lowest BCUT2D eigenvalue weighted by atomic mass is 10.0. The number of anilines is 1. The molecule has 10 heteroatoms. The third-order valence-electron chi connectivity index (χ3n) is 8.05. The number of pyridine rings is 1. The Bertz CT molecular complexity index is 1930. The molecule has 1 unspecified atom stereocenters. The highest BCUT2D eigenvalue weighted by Gasteiger charge is 2.20. The van der Waals surface area contributed by atoms with Gasteiger partial charge in [0.25, 0.3) is 10.0 Å². The average Bonchev–Trinajstić information content (AvgIpc) is 3.03. The van der Waals surface area contributed by atoms with E-state index in [1.165, 1.54) is 31.0 Å². The van der Waals surface area contributed by atoms with Crippen LogP contribution in [0.3, 0.4) is 0 Å². The van der Waals surface area contributed by atoms with Crippen molar-refractivity contribution in [1.82, 2.24) is 9.88 Å². The molecule has 1 saturated heterocycles. The first-order valence-corrected chi connectivity index (χ1v) is 16.6. The van der Waals surface area contributed by atoms with Crippen LogP contribution in [-0.2, 0) is 10.0 Å². The molecule has 1 aliphatic rings. The van der Waals surface area contributed by atoms with Crippen LogP contribution in [-0.4, -0.2) is 51.7 Å². The third kappa shape index (κ3) is 6.97. The van der Waals surface area contributed by atoms with E-state index in [9.17, 15) is 8.42 Å². The molecule has 6 rings (SSSR count). The number of halogens is 1. The maximum atomic E-state index is 15.3. The summed E-state index contributed by atoms with van der Waals surface area (Å²) in [6.45, 7) is 6.11. The van der Waals surface area contributed by atoms with Crippen molar-refractivity contribution in [2.75, 3.05) is 38.1 Å². The standard InChI is InChI=1S/C35H36FN3O5S/c1-24-8-6-17-39(23-24)18-7-19-43-34-22-30-28(21-33(34)42-2)31(15-16-37-30)44-32-14-13-26(20-29(32)36)38-45(40,41)35-12-5-10-25-9-3-4-11-27(25)35/h3-5,9-16,20-22,24,38H,6-8,17-19,23H2,1-2H3. The van der Waals surface area contributed by atoms with Gasteiger partial charge in [0.15, 0.2) is 23.1 Å². The van der Waals surface area contributed by atoms with Gasteiger partial charge in [-0.25, -0.2) is 12.8 Å². The smallest absolute Gasteiger partial charge is 0.262 e. The van der Waals surface area contributed by atoms with E-state index < -0.39 is 15.8 Å². The second kappa shape index (κ2) is 13.3. The van der Waals surface area contributed by atoms with Gasteiger partial charge in [-0.2, -0.15) is 0 Å². The number of likely N-dealkylation sites (tertiary alicyclic amines) is 1. The van der Waals surface area contributed by atoms with Gasteiger partial charge in [-0.3, -0.25) is 9.71 Å². The highest BCUT2D eigenvalue weighted by atomic mass is 32.2. The summed E-state index contributed by atoms with van der Waals surface area (Å²) in [6, 6.07) is 21.4. The zero-order valence-electron chi connectivity index (χ0n) is 25.3. The molecule has 1 N–H and O–H groups in total. The van der Waals surface area contributed by atoms with Crippen LogP contribution in [0.25, 0.3) is 21.7 Å². The molecule has 45 heavy (non-hydrogen) atoms. The van der Waals surface area contributed by atoms with Crippen molar-refractivity contribution >= 4 is 37.4 Å².